The molecular weight excluding hydrogens is 276 g/mol. The molecule has 0 aliphatic rings. The standard InChI is InChI=1S/C13H10Cl2FNO/c14-9-4-5-11(16)8(6-9)7-18-13-10(15)2-1-3-12(13)17/h1-6H,7,17H2. The predicted octanol–water partition coefficient (Wildman–Crippen LogP) is 4.29. The summed E-state index contributed by atoms with van der Waals surface area (Å²) in [5.74, 6) is -0.0384. The molecule has 0 saturated carbocycles. The fourth-order valence-corrected chi connectivity index (χ4v) is 1.91. The average molecular weight is 286 g/mol. The summed E-state index contributed by atoms with van der Waals surface area (Å²) in [5, 5.41) is 0.833. The van der Waals surface area contributed by atoms with E-state index in [1.165, 1.54) is 18.2 Å². The third kappa shape index (κ3) is 2.86. The lowest BCUT2D eigenvalue weighted by Gasteiger charge is -2.11. The van der Waals surface area contributed by atoms with Crippen LogP contribution >= 0.6 is 23.2 Å². The highest BCUT2D eigenvalue weighted by atomic mass is 35.5. The quantitative estimate of drug-likeness (QED) is 0.854. The summed E-state index contributed by atoms with van der Waals surface area (Å²) in [7, 11) is 0. The van der Waals surface area contributed by atoms with Crippen molar-refractivity contribution in [2.24, 2.45) is 0 Å². The number of nitrogen functional groups attached to an aromatic ring is 1. The van der Waals surface area contributed by atoms with Crippen LogP contribution in [0.15, 0.2) is 36.4 Å². The Labute approximate surface area is 114 Å². The normalized spacial score (nSPS) is 10.4. The zero-order chi connectivity index (χ0) is 13.1. The molecule has 18 heavy (non-hydrogen) atoms. The molecular formula is C13H10Cl2FNO. The molecule has 0 aliphatic heterocycles. The lowest BCUT2D eigenvalue weighted by Crippen LogP contribution is -2.01. The van der Waals surface area contributed by atoms with Crippen LogP contribution in [0.5, 0.6) is 5.75 Å². The molecule has 2 rings (SSSR count). The van der Waals surface area contributed by atoms with Gasteiger partial charge in [0.05, 0.1) is 10.7 Å². The predicted molar refractivity (Wildman–Crippen MR) is 71.6 cm³/mol. The number of para-hydroxylation sites is 1. The Bertz CT molecular complexity index is 555. The maximum absolute atomic E-state index is 13.5. The maximum atomic E-state index is 13.5. The van der Waals surface area contributed by atoms with Crippen molar-refractivity contribution in [2.45, 2.75) is 6.61 Å². The highest BCUT2D eigenvalue weighted by Gasteiger charge is 2.08. The van der Waals surface area contributed by atoms with Gasteiger partial charge in [0.25, 0.3) is 0 Å². The van der Waals surface area contributed by atoms with Crippen molar-refractivity contribution in [3.8, 4) is 5.75 Å². The van der Waals surface area contributed by atoms with Gasteiger partial charge in [-0.15, -0.1) is 0 Å². The summed E-state index contributed by atoms with van der Waals surface area (Å²) < 4.78 is 18.9. The number of anilines is 1. The van der Waals surface area contributed by atoms with Gasteiger partial charge in [0.1, 0.15) is 12.4 Å². The van der Waals surface area contributed by atoms with Gasteiger partial charge < -0.3 is 10.5 Å². The molecule has 0 spiro atoms. The highest BCUT2D eigenvalue weighted by Crippen LogP contribution is 2.31. The Balaban J connectivity index is 2.19. The van der Waals surface area contributed by atoms with Crippen molar-refractivity contribution in [1.29, 1.82) is 0 Å². The summed E-state index contributed by atoms with van der Waals surface area (Å²) in [4.78, 5) is 0. The van der Waals surface area contributed by atoms with E-state index in [9.17, 15) is 4.39 Å². The monoisotopic (exact) mass is 285 g/mol. The van der Waals surface area contributed by atoms with Crippen LogP contribution in [0, 0.1) is 5.82 Å². The number of hydrogen-bond acceptors (Lipinski definition) is 2. The molecule has 0 radical (unpaired) electrons. The van der Waals surface area contributed by atoms with Gasteiger partial charge in [-0.1, -0.05) is 29.3 Å². The second-order valence-electron chi connectivity index (χ2n) is 3.68. The van der Waals surface area contributed by atoms with Crippen molar-refractivity contribution in [3.63, 3.8) is 0 Å². The van der Waals surface area contributed by atoms with Crippen LogP contribution in [-0.4, -0.2) is 0 Å². The third-order valence-electron chi connectivity index (χ3n) is 2.38. The van der Waals surface area contributed by atoms with E-state index in [-0.39, 0.29) is 12.4 Å². The number of rotatable bonds is 3. The lowest BCUT2D eigenvalue weighted by atomic mass is 10.2. The number of benzene rings is 2. The Hall–Kier alpha value is -1.45. The van der Waals surface area contributed by atoms with Crippen LogP contribution in [0.2, 0.25) is 10.0 Å². The first-order valence-electron chi connectivity index (χ1n) is 5.18. The molecule has 94 valence electrons. The number of halogens is 3. The molecule has 0 atom stereocenters. The van der Waals surface area contributed by atoms with Crippen molar-refractivity contribution in [2.75, 3.05) is 5.73 Å². The molecule has 0 amide bonds. The van der Waals surface area contributed by atoms with Crippen molar-refractivity contribution in [1.82, 2.24) is 0 Å². The van der Waals surface area contributed by atoms with E-state index in [0.717, 1.165) is 0 Å². The minimum Gasteiger partial charge on any atom is -0.485 e. The molecule has 0 saturated heterocycles. The van der Waals surface area contributed by atoms with E-state index < -0.39 is 0 Å². The molecule has 0 aromatic heterocycles. The van der Waals surface area contributed by atoms with Crippen LogP contribution in [0.4, 0.5) is 10.1 Å². The third-order valence-corrected chi connectivity index (χ3v) is 2.91. The zero-order valence-electron chi connectivity index (χ0n) is 9.29. The van der Waals surface area contributed by atoms with Gasteiger partial charge in [-0.3, -0.25) is 0 Å². The van der Waals surface area contributed by atoms with E-state index >= 15 is 0 Å². The van der Waals surface area contributed by atoms with Crippen LogP contribution < -0.4 is 10.5 Å². The minimum atomic E-state index is -0.384. The summed E-state index contributed by atoms with van der Waals surface area (Å²) in [6.07, 6.45) is 0. The summed E-state index contributed by atoms with van der Waals surface area (Å²) >= 11 is 11.7. The minimum absolute atomic E-state index is 0.0142. The molecule has 2 aromatic rings. The first-order valence-corrected chi connectivity index (χ1v) is 5.94. The van der Waals surface area contributed by atoms with Crippen molar-refractivity contribution >= 4 is 28.9 Å². The Morgan fingerprint density at radius 3 is 2.67 bits per heavy atom. The van der Waals surface area contributed by atoms with Gasteiger partial charge >= 0.3 is 0 Å². The van der Waals surface area contributed by atoms with E-state index in [1.54, 1.807) is 18.2 Å². The Morgan fingerprint density at radius 2 is 1.94 bits per heavy atom. The first kappa shape index (κ1) is 13.0. The molecule has 2 N–H and O–H groups in total. The van der Waals surface area contributed by atoms with E-state index in [4.69, 9.17) is 33.7 Å². The molecule has 0 unspecified atom stereocenters. The van der Waals surface area contributed by atoms with Gasteiger partial charge in [0, 0.05) is 10.6 Å². The molecule has 0 heterocycles. The fourth-order valence-electron chi connectivity index (χ4n) is 1.48. The zero-order valence-corrected chi connectivity index (χ0v) is 10.8. The number of nitrogens with two attached hydrogens (primary N) is 1. The van der Waals surface area contributed by atoms with Gasteiger partial charge in [-0.2, -0.15) is 0 Å². The highest BCUT2D eigenvalue weighted by molar-refractivity contribution is 6.32. The number of ether oxygens (including phenoxy) is 1. The van der Waals surface area contributed by atoms with Gasteiger partial charge in [-0.05, 0) is 30.3 Å². The lowest BCUT2D eigenvalue weighted by molar-refractivity contribution is 0.301. The van der Waals surface area contributed by atoms with Gasteiger partial charge in [0.2, 0.25) is 0 Å². The van der Waals surface area contributed by atoms with Crippen LogP contribution in [0.25, 0.3) is 0 Å². The van der Waals surface area contributed by atoms with Crippen LogP contribution in [0.1, 0.15) is 5.56 Å². The van der Waals surface area contributed by atoms with Crippen LogP contribution in [0.3, 0.4) is 0 Å². The summed E-state index contributed by atoms with van der Waals surface area (Å²) in [6, 6.07) is 9.30. The van der Waals surface area contributed by atoms with Gasteiger partial charge in [-0.25, -0.2) is 4.39 Å². The molecule has 0 fully saturated rings. The SMILES string of the molecule is Nc1cccc(Cl)c1OCc1cc(Cl)ccc1F. The topological polar surface area (TPSA) is 35.2 Å². The molecule has 0 bridgehead atoms. The molecule has 2 aromatic carbocycles. The van der Waals surface area contributed by atoms with E-state index in [1.807, 2.05) is 0 Å². The summed E-state index contributed by atoms with van der Waals surface area (Å²) in [5.41, 5.74) is 6.48. The number of hydrogen-bond donors (Lipinski definition) is 1. The van der Waals surface area contributed by atoms with Gasteiger partial charge in [0.15, 0.2) is 5.75 Å². The Morgan fingerprint density at radius 1 is 1.17 bits per heavy atom. The Kier molecular flexibility index (Phi) is 3.94. The smallest absolute Gasteiger partial charge is 0.161 e. The second kappa shape index (κ2) is 5.46. The molecule has 0 aliphatic carbocycles. The van der Waals surface area contributed by atoms with Crippen LogP contribution in [-0.2, 0) is 6.61 Å². The maximum Gasteiger partial charge on any atom is 0.161 e. The van der Waals surface area contributed by atoms with E-state index in [2.05, 4.69) is 0 Å². The summed E-state index contributed by atoms with van der Waals surface area (Å²) in [6.45, 7) is 0.0142. The molecule has 5 heteroatoms. The largest absolute Gasteiger partial charge is 0.485 e. The van der Waals surface area contributed by atoms with Crippen molar-refractivity contribution in [3.05, 3.63) is 57.8 Å². The van der Waals surface area contributed by atoms with Crippen molar-refractivity contribution < 1.29 is 9.13 Å². The molecule has 2 nitrogen and oxygen atoms in total. The second-order valence-corrected chi connectivity index (χ2v) is 4.53. The first-order chi connectivity index (χ1) is 8.58. The fraction of sp³-hybridized carbons (Fsp3) is 0.0769. The van der Waals surface area contributed by atoms with E-state index in [0.29, 0.717) is 27.0 Å². The average Bonchev–Trinajstić information content (AvgIpc) is 2.33.